The number of urea groups is 1. The lowest BCUT2D eigenvalue weighted by atomic mass is 10.3. The number of carbonyl (C=O) groups excluding carboxylic acids is 1. The summed E-state index contributed by atoms with van der Waals surface area (Å²) >= 11 is 0. The van der Waals surface area contributed by atoms with Crippen LogP contribution in [0.4, 0.5) is 20.6 Å². The third-order valence-electron chi connectivity index (χ3n) is 2.52. The molecule has 20 heavy (non-hydrogen) atoms. The van der Waals surface area contributed by atoms with Crippen LogP contribution in [0.1, 0.15) is 6.92 Å². The van der Waals surface area contributed by atoms with Crippen molar-refractivity contribution in [2.45, 2.75) is 6.92 Å². The lowest BCUT2D eigenvalue weighted by Crippen LogP contribution is -2.19. The summed E-state index contributed by atoms with van der Waals surface area (Å²) in [5, 5.41) is 5.20. The van der Waals surface area contributed by atoms with Crippen LogP contribution < -0.4 is 15.4 Å². The van der Waals surface area contributed by atoms with Crippen molar-refractivity contribution >= 4 is 17.4 Å². The molecular weight excluding hydrogens is 259 g/mol. The van der Waals surface area contributed by atoms with Crippen molar-refractivity contribution in [3.63, 3.8) is 0 Å². The van der Waals surface area contributed by atoms with Gasteiger partial charge < -0.3 is 15.4 Å². The zero-order valence-electron chi connectivity index (χ0n) is 11.0. The van der Waals surface area contributed by atoms with Gasteiger partial charge in [-0.2, -0.15) is 0 Å². The highest BCUT2D eigenvalue weighted by Gasteiger charge is 2.07. The SMILES string of the molecule is CCOc1ccc(NC(=O)Nc2ccccc2)cc1F. The van der Waals surface area contributed by atoms with Crippen LogP contribution in [0, 0.1) is 5.82 Å². The average molecular weight is 274 g/mol. The van der Waals surface area contributed by atoms with Crippen molar-refractivity contribution in [3.8, 4) is 5.75 Å². The Morgan fingerprint density at radius 1 is 1.10 bits per heavy atom. The molecule has 2 amide bonds. The highest BCUT2D eigenvalue weighted by atomic mass is 19.1. The third-order valence-corrected chi connectivity index (χ3v) is 2.52. The molecule has 0 radical (unpaired) electrons. The number of benzene rings is 2. The van der Waals surface area contributed by atoms with E-state index < -0.39 is 11.8 Å². The van der Waals surface area contributed by atoms with Crippen molar-refractivity contribution in [3.05, 3.63) is 54.3 Å². The molecule has 0 aliphatic heterocycles. The standard InChI is InChI=1S/C15H15FN2O2/c1-2-20-14-9-8-12(10-13(14)16)18-15(19)17-11-6-4-3-5-7-11/h3-10H,2H2,1H3,(H2,17,18,19). The number of rotatable bonds is 4. The van der Waals surface area contributed by atoms with E-state index >= 15 is 0 Å². The highest BCUT2D eigenvalue weighted by molar-refractivity contribution is 5.99. The van der Waals surface area contributed by atoms with Crippen LogP contribution in [-0.4, -0.2) is 12.6 Å². The van der Waals surface area contributed by atoms with Gasteiger partial charge in [0, 0.05) is 17.4 Å². The number of hydrogen-bond donors (Lipinski definition) is 2. The molecule has 0 aliphatic rings. The molecule has 0 spiro atoms. The van der Waals surface area contributed by atoms with Gasteiger partial charge in [0.25, 0.3) is 0 Å². The maximum absolute atomic E-state index is 13.6. The maximum atomic E-state index is 13.6. The van der Waals surface area contributed by atoms with E-state index in [9.17, 15) is 9.18 Å². The van der Waals surface area contributed by atoms with Crippen LogP contribution >= 0.6 is 0 Å². The van der Waals surface area contributed by atoms with Crippen LogP contribution in [0.25, 0.3) is 0 Å². The number of nitrogens with one attached hydrogen (secondary N) is 2. The summed E-state index contributed by atoms with van der Waals surface area (Å²) in [6.07, 6.45) is 0. The Labute approximate surface area is 116 Å². The second-order valence-electron chi connectivity index (χ2n) is 4.02. The van der Waals surface area contributed by atoms with Gasteiger partial charge in [-0.15, -0.1) is 0 Å². The first kappa shape index (κ1) is 13.9. The summed E-state index contributed by atoms with van der Waals surface area (Å²) in [5.41, 5.74) is 1.02. The van der Waals surface area contributed by atoms with E-state index in [1.807, 2.05) is 18.2 Å². The number of anilines is 2. The van der Waals surface area contributed by atoms with Gasteiger partial charge in [0.1, 0.15) is 0 Å². The molecule has 2 N–H and O–H groups in total. The highest BCUT2D eigenvalue weighted by Crippen LogP contribution is 2.21. The molecule has 0 atom stereocenters. The molecule has 0 saturated heterocycles. The first-order chi connectivity index (χ1) is 9.69. The number of ether oxygens (including phenoxy) is 1. The molecule has 0 aromatic heterocycles. The fraction of sp³-hybridized carbons (Fsp3) is 0.133. The molecule has 0 unspecified atom stereocenters. The zero-order chi connectivity index (χ0) is 14.4. The van der Waals surface area contributed by atoms with Crippen LogP contribution in [0.5, 0.6) is 5.75 Å². The Morgan fingerprint density at radius 3 is 2.45 bits per heavy atom. The second-order valence-corrected chi connectivity index (χ2v) is 4.02. The zero-order valence-corrected chi connectivity index (χ0v) is 11.0. The molecule has 0 bridgehead atoms. The number of para-hydroxylation sites is 1. The lowest BCUT2D eigenvalue weighted by Gasteiger charge is -2.09. The summed E-state index contributed by atoms with van der Waals surface area (Å²) in [7, 11) is 0. The topological polar surface area (TPSA) is 50.4 Å². The molecule has 2 aromatic carbocycles. The van der Waals surface area contributed by atoms with Crippen molar-refractivity contribution < 1.29 is 13.9 Å². The number of halogens is 1. The lowest BCUT2D eigenvalue weighted by molar-refractivity contribution is 0.262. The minimum Gasteiger partial charge on any atom is -0.491 e. The molecule has 104 valence electrons. The van der Waals surface area contributed by atoms with Gasteiger partial charge in [-0.1, -0.05) is 18.2 Å². The van der Waals surface area contributed by atoms with Gasteiger partial charge in [0.05, 0.1) is 6.61 Å². The summed E-state index contributed by atoms with van der Waals surface area (Å²) in [4.78, 5) is 11.7. The van der Waals surface area contributed by atoms with Crippen LogP contribution in [0.3, 0.4) is 0 Å². The van der Waals surface area contributed by atoms with Gasteiger partial charge in [0.15, 0.2) is 11.6 Å². The monoisotopic (exact) mass is 274 g/mol. The summed E-state index contributed by atoms with van der Waals surface area (Å²) in [6.45, 7) is 2.16. The van der Waals surface area contributed by atoms with Crippen molar-refractivity contribution in [1.82, 2.24) is 0 Å². The normalized spacial score (nSPS) is 9.90. The molecule has 0 saturated carbocycles. The molecule has 0 heterocycles. The van der Waals surface area contributed by atoms with E-state index in [-0.39, 0.29) is 5.75 Å². The van der Waals surface area contributed by atoms with E-state index in [4.69, 9.17) is 4.74 Å². The Morgan fingerprint density at radius 2 is 1.80 bits per heavy atom. The Kier molecular flexibility index (Phi) is 4.55. The largest absolute Gasteiger partial charge is 0.491 e. The smallest absolute Gasteiger partial charge is 0.323 e. The van der Waals surface area contributed by atoms with E-state index in [0.29, 0.717) is 18.0 Å². The van der Waals surface area contributed by atoms with Crippen molar-refractivity contribution in [2.75, 3.05) is 17.2 Å². The fourth-order valence-electron chi connectivity index (χ4n) is 1.67. The number of hydrogen-bond acceptors (Lipinski definition) is 2. The van der Waals surface area contributed by atoms with E-state index in [1.54, 1.807) is 25.1 Å². The van der Waals surface area contributed by atoms with Crippen LogP contribution in [0.15, 0.2) is 48.5 Å². The number of amides is 2. The number of carbonyl (C=O) groups is 1. The Bertz CT molecular complexity index is 588. The van der Waals surface area contributed by atoms with Crippen LogP contribution in [0.2, 0.25) is 0 Å². The van der Waals surface area contributed by atoms with Gasteiger partial charge in [-0.25, -0.2) is 9.18 Å². The molecule has 0 fully saturated rings. The van der Waals surface area contributed by atoms with Gasteiger partial charge >= 0.3 is 6.03 Å². The van der Waals surface area contributed by atoms with E-state index in [2.05, 4.69) is 10.6 Å². The molecular formula is C15H15FN2O2. The van der Waals surface area contributed by atoms with Gasteiger partial charge in [0.2, 0.25) is 0 Å². The first-order valence-corrected chi connectivity index (χ1v) is 6.24. The van der Waals surface area contributed by atoms with E-state index in [0.717, 1.165) is 0 Å². The predicted octanol–water partition coefficient (Wildman–Crippen LogP) is 3.87. The quantitative estimate of drug-likeness (QED) is 0.889. The minimum absolute atomic E-state index is 0.168. The minimum atomic E-state index is -0.510. The summed E-state index contributed by atoms with van der Waals surface area (Å²) in [6, 6.07) is 12.9. The Hall–Kier alpha value is -2.56. The van der Waals surface area contributed by atoms with Crippen LogP contribution in [-0.2, 0) is 0 Å². The molecule has 5 heteroatoms. The third kappa shape index (κ3) is 3.71. The summed E-state index contributed by atoms with van der Waals surface area (Å²) < 4.78 is 18.7. The predicted molar refractivity (Wildman–Crippen MR) is 76.7 cm³/mol. The molecule has 4 nitrogen and oxygen atoms in total. The van der Waals surface area contributed by atoms with Crippen molar-refractivity contribution in [2.24, 2.45) is 0 Å². The second kappa shape index (κ2) is 6.56. The van der Waals surface area contributed by atoms with E-state index in [1.165, 1.54) is 12.1 Å². The van der Waals surface area contributed by atoms with Crippen molar-refractivity contribution in [1.29, 1.82) is 0 Å². The molecule has 0 aliphatic carbocycles. The van der Waals surface area contributed by atoms with Gasteiger partial charge in [-0.3, -0.25) is 0 Å². The maximum Gasteiger partial charge on any atom is 0.323 e. The van der Waals surface area contributed by atoms with Gasteiger partial charge in [-0.05, 0) is 31.2 Å². The molecule has 2 aromatic rings. The Balaban J connectivity index is 1.99. The fourth-order valence-corrected chi connectivity index (χ4v) is 1.67. The first-order valence-electron chi connectivity index (χ1n) is 6.24. The average Bonchev–Trinajstić information content (AvgIpc) is 2.43. The summed E-state index contributed by atoms with van der Waals surface area (Å²) in [5.74, 6) is -0.342. The molecule has 2 rings (SSSR count).